The molecule has 27 heavy (non-hydrogen) atoms. The van der Waals surface area contributed by atoms with Crippen molar-refractivity contribution in [2.45, 2.75) is 26.3 Å². The van der Waals surface area contributed by atoms with Crippen LogP contribution < -0.4 is 18.9 Å². The van der Waals surface area contributed by atoms with Crippen molar-refractivity contribution in [3.63, 3.8) is 0 Å². The summed E-state index contributed by atoms with van der Waals surface area (Å²) in [6, 6.07) is 8.38. The van der Waals surface area contributed by atoms with Crippen molar-refractivity contribution in [1.29, 1.82) is 0 Å². The molecule has 0 atom stereocenters. The normalized spacial score (nSPS) is 16.2. The van der Waals surface area contributed by atoms with Gasteiger partial charge in [-0.3, -0.25) is 0 Å². The lowest BCUT2D eigenvalue weighted by Crippen LogP contribution is -2.31. The second kappa shape index (κ2) is 6.41. The van der Waals surface area contributed by atoms with E-state index in [0.29, 0.717) is 13.4 Å². The van der Waals surface area contributed by atoms with Crippen molar-refractivity contribution in [3.05, 3.63) is 46.5 Å². The van der Waals surface area contributed by atoms with Crippen molar-refractivity contribution < 1.29 is 18.9 Å². The van der Waals surface area contributed by atoms with Gasteiger partial charge in [0.1, 0.15) is 0 Å². The monoisotopic (exact) mass is 365 g/mol. The molecule has 0 aliphatic carbocycles. The Balaban J connectivity index is 1.61. The first-order valence-corrected chi connectivity index (χ1v) is 9.50. The minimum absolute atomic E-state index is 0.307. The summed E-state index contributed by atoms with van der Waals surface area (Å²) >= 11 is 0. The number of methoxy groups -OCH3 is 1. The molecule has 0 N–H and O–H groups in total. The summed E-state index contributed by atoms with van der Waals surface area (Å²) in [6.07, 6.45) is 4.23. The Morgan fingerprint density at radius 1 is 1.15 bits per heavy atom. The molecule has 0 saturated heterocycles. The molecule has 0 bridgehead atoms. The molecule has 2 aromatic rings. The summed E-state index contributed by atoms with van der Waals surface area (Å²) in [5.41, 5.74) is 6.20. The van der Waals surface area contributed by atoms with Gasteiger partial charge >= 0.3 is 0 Å². The molecule has 5 nitrogen and oxygen atoms in total. The first-order chi connectivity index (χ1) is 13.3. The van der Waals surface area contributed by atoms with Crippen LogP contribution in [0.15, 0.2) is 24.3 Å². The summed E-state index contributed by atoms with van der Waals surface area (Å²) in [4.78, 5) is 2.42. The van der Waals surface area contributed by atoms with Gasteiger partial charge in [-0.2, -0.15) is 0 Å². The molecule has 0 unspecified atom stereocenters. The van der Waals surface area contributed by atoms with E-state index < -0.39 is 0 Å². The lowest BCUT2D eigenvalue weighted by molar-refractivity contribution is 0.174. The van der Waals surface area contributed by atoms with Gasteiger partial charge in [0.15, 0.2) is 23.0 Å². The van der Waals surface area contributed by atoms with E-state index in [1.54, 1.807) is 7.11 Å². The third-order valence-corrected chi connectivity index (χ3v) is 5.44. The number of rotatable bonds is 4. The van der Waals surface area contributed by atoms with Crippen molar-refractivity contribution in [2.24, 2.45) is 0 Å². The highest BCUT2D eigenvalue weighted by molar-refractivity contribution is 5.87. The fourth-order valence-corrected chi connectivity index (χ4v) is 4.09. The predicted molar refractivity (Wildman–Crippen MR) is 103 cm³/mol. The maximum Gasteiger partial charge on any atom is 0.231 e. The molecular formula is C22H23NO4. The fraction of sp³-hybridized carbons (Fsp3) is 0.364. The molecule has 5 rings (SSSR count). The molecule has 0 saturated carbocycles. The topological polar surface area (TPSA) is 40.2 Å². The van der Waals surface area contributed by atoms with Crippen LogP contribution in [-0.2, 0) is 13.0 Å². The van der Waals surface area contributed by atoms with Crippen LogP contribution in [0.1, 0.15) is 35.6 Å². The van der Waals surface area contributed by atoms with Gasteiger partial charge in [0, 0.05) is 29.9 Å². The Labute approximate surface area is 159 Å². The molecule has 3 aliphatic rings. The zero-order valence-corrected chi connectivity index (χ0v) is 15.7. The Kier molecular flexibility index (Phi) is 3.88. The lowest BCUT2D eigenvalue weighted by Gasteiger charge is -2.37. The zero-order valence-electron chi connectivity index (χ0n) is 15.7. The number of fused-ring (bicyclic) bond motifs is 5. The smallest absolute Gasteiger partial charge is 0.231 e. The third-order valence-electron chi connectivity index (χ3n) is 5.44. The van der Waals surface area contributed by atoms with E-state index in [1.165, 1.54) is 28.0 Å². The summed E-state index contributed by atoms with van der Waals surface area (Å²) in [5.74, 6) is 3.38. The van der Waals surface area contributed by atoms with E-state index in [2.05, 4.69) is 36.1 Å². The average Bonchev–Trinajstić information content (AvgIpc) is 3.16. The summed E-state index contributed by atoms with van der Waals surface area (Å²) in [5, 5.41) is 0. The van der Waals surface area contributed by atoms with E-state index >= 15 is 0 Å². The molecule has 0 aromatic heterocycles. The summed E-state index contributed by atoms with van der Waals surface area (Å²) < 4.78 is 22.8. The van der Waals surface area contributed by atoms with Crippen molar-refractivity contribution in [1.82, 2.24) is 4.90 Å². The van der Waals surface area contributed by atoms with Gasteiger partial charge in [0.05, 0.1) is 13.7 Å². The Hall–Kier alpha value is -2.82. The number of hydrogen-bond acceptors (Lipinski definition) is 5. The van der Waals surface area contributed by atoms with Gasteiger partial charge < -0.3 is 23.8 Å². The van der Waals surface area contributed by atoms with Crippen LogP contribution in [0.25, 0.3) is 11.8 Å². The van der Waals surface area contributed by atoms with E-state index in [-0.39, 0.29) is 0 Å². The molecule has 3 heterocycles. The Morgan fingerprint density at radius 2 is 2.00 bits per heavy atom. The van der Waals surface area contributed by atoms with Crippen LogP contribution >= 0.6 is 0 Å². The first-order valence-electron chi connectivity index (χ1n) is 9.50. The predicted octanol–water partition coefficient (Wildman–Crippen LogP) is 4.08. The van der Waals surface area contributed by atoms with Crippen LogP contribution in [0.2, 0.25) is 0 Å². The molecule has 5 heteroatoms. The summed E-state index contributed by atoms with van der Waals surface area (Å²) in [6.45, 7) is 4.91. The minimum atomic E-state index is 0.307. The van der Waals surface area contributed by atoms with E-state index in [9.17, 15) is 0 Å². The van der Waals surface area contributed by atoms with Gasteiger partial charge in [-0.05, 0) is 48.2 Å². The maximum absolute atomic E-state index is 6.07. The van der Waals surface area contributed by atoms with E-state index in [4.69, 9.17) is 18.9 Å². The van der Waals surface area contributed by atoms with Crippen LogP contribution in [0.5, 0.6) is 23.0 Å². The fourth-order valence-electron chi connectivity index (χ4n) is 4.09. The number of nitrogens with zero attached hydrogens (tertiary/aromatic N) is 1. The highest BCUT2D eigenvalue weighted by atomic mass is 16.7. The van der Waals surface area contributed by atoms with Gasteiger partial charge in [-0.15, -0.1) is 0 Å². The Morgan fingerprint density at radius 3 is 2.81 bits per heavy atom. The molecule has 2 aromatic carbocycles. The number of benzene rings is 2. The van der Waals surface area contributed by atoms with E-state index in [1.807, 2.05) is 6.07 Å². The highest BCUT2D eigenvalue weighted by Gasteiger charge is 2.30. The van der Waals surface area contributed by atoms with Crippen molar-refractivity contribution in [3.8, 4) is 23.0 Å². The molecule has 0 spiro atoms. The van der Waals surface area contributed by atoms with Crippen LogP contribution in [-0.4, -0.2) is 32.0 Å². The van der Waals surface area contributed by atoms with Crippen LogP contribution in [0.3, 0.4) is 0 Å². The quantitative estimate of drug-likeness (QED) is 0.816. The highest BCUT2D eigenvalue weighted by Crippen LogP contribution is 2.45. The second-order valence-electron chi connectivity index (χ2n) is 7.08. The largest absolute Gasteiger partial charge is 0.493 e. The molecular weight excluding hydrogens is 342 g/mol. The second-order valence-corrected chi connectivity index (χ2v) is 7.08. The zero-order chi connectivity index (χ0) is 18.4. The average molecular weight is 365 g/mol. The number of hydrogen-bond donors (Lipinski definition) is 0. The van der Waals surface area contributed by atoms with Crippen LogP contribution in [0.4, 0.5) is 0 Å². The van der Waals surface area contributed by atoms with Crippen molar-refractivity contribution >= 4 is 11.8 Å². The van der Waals surface area contributed by atoms with Gasteiger partial charge in [-0.1, -0.05) is 13.0 Å². The number of ether oxygens (including phenoxy) is 4. The molecule has 3 aliphatic heterocycles. The van der Waals surface area contributed by atoms with Crippen molar-refractivity contribution in [2.75, 3.05) is 27.1 Å². The van der Waals surface area contributed by atoms with Gasteiger partial charge in [0.2, 0.25) is 6.79 Å². The lowest BCUT2D eigenvalue weighted by atomic mass is 9.90. The third kappa shape index (κ3) is 2.60. The van der Waals surface area contributed by atoms with Gasteiger partial charge in [-0.25, -0.2) is 0 Å². The molecule has 0 radical (unpaired) electrons. The first kappa shape index (κ1) is 16.4. The SMILES string of the molecule is CCCOc1c(OC)ccc2c1CN1CCc3cc4c(cc3C1=C2)OCO4. The van der Waals surface area contributed by atoms with E-state index in [0.717, 1.165) is 48.9 Å². The molecule has 140 valence electrons. The van der Waals surface area contributed by atoms with Gasteiger partial charge in [0.25, 0.3) is 0 Å². The minimum Gasteiger partial charge on any atom is -0.493 e. The standard InChI is InChI=1S/C22H23NO4/c1-3-8-25-22-17-12-23-7-6-15-10-20-21(27-13-26-20)11-16(15)18(23)9-14(17)4-5-19(22)24-2/h4-5,9-11H,3,6-8,12-13H2,1-2H3. The summed E-state index contributed by atoms with van der Waals surface area (Å²) in [7, 11) is 1.70. The molecule has 0 fully saturated rings. The maximum atomic E-state index is 6.07. The van der Waals surface area contributed by atoms with Crippen LogP contribution in [0, 0.1) is 0 Å². The Bertz CT molecular complexity index is 934. The molecule has 0 amide bonds.